The molecular weight excluding hydrogens is 486 g/mol. The van der Waals surface area contributed by atoms with E-state index in [2.05, 4.69) is 90.8 Å². The van der Waals surface area contributed by atoms with Crippen molar-refractivity contribution < 1.29 is 0 Å². The van der Waals surface area contributed by atoms with Crippen molar-refractivity contribution in [2.24, 2.45) is 0 Å². The summed E-state index contributed by atoms with van der Waals surface area (Å²) in [4.78, 5) is 2.48. The quantitative estimate of drug-likeness (QED) is 0.294. The van der Waals surface area contributed by atoms with Gasteiger partial charge in [0, 0.05) is 56.5 Å². The lowest BCUT2D eigenvalue weighted by molar-refractivity contribution is 0.520. The molecule has 0 spiro atoms. The lowest BCUT2D eigenvalue weighted by Crippen LogP contribution is -2.43. The predicted octanol–water partition coefficient (Wildman–Crippen LogP) is 6.73. The lowest BCUT2D eigenvalue weighted by Gasteiger charge is -2.30. The van der Waals surface area contributed by atoms with Gasteiger partial charge < -0.3 is 15.5 Å². The summed E-state index contributed by atoms with van der Waals surface area (Å²) in [6.07, 6.45) is 4.22. The van der Waals surface area contributed by atoms with Crippen LogP contribution < -0.4 is 15.5 Å². The van der Waals surface area contributed by atoms with Gasteiger partial charge in [-0.05, 0) is 73.1 Å². The molecular formula is C25H30BrN3S2. The second-order valence-electron chi connectivity index (χ2n) is 7.73. The van der Waals surface area contributed by atoms with Crippen LogP contribution in [0.5, 0.6) is 0 Å². The average Bonchev–Trinajstić information content (AvgIpc) is 3.52. The van der Waals surface area contributed by atoms with E-state index in [0.29, 0.717) is 0 Å². The highest BCUT2D eigenvalue weighted by Crippen LogP contribution is 2.30. The summed E-state index contributed by atoms with van der Waals surface area (Å²) >= 11 is 7.08. The number of fused-ring (bicyclic) bond motifs is 2. The number of hydrogen-bond donors (Lipinski definition) is 2. The fourth-order valence-electron chi connectivity index (χ4n) is 3.92. The van der Waals surface area contributed by atoms with Gasteiger partial charge in [-0.25, -0.2) is 0 Å². The minimum atomic E-state index is 1.10. The van der Waals surface area contributed by atoms with Crippen LogP contribution in [0.3, 0.4) is 0 Å². The SMILES string of the molecule is Brc1cccc2sccc12.C1CCNCC1.c1cc(N2CCNCC2)c2ccsc2c1. The first-order valence-electron chi connectivity index (χ1n) is 11.1. The standard InChI is InChI=1S/C12H14N2S.C8H5BrS.C5H11N/c1-2-11(14-7-5-13-6-8-14)10-4-9-15-12(10)3-1;9-7-2-1-3-8-6(7)4-5-10-8;1-2-4-6-5-3-1/h1-4,9,13H,5-8H2;1-5H;6H,1-5H2. The molecule has 0 bridgehead atoms. The van der Waals surface area contributed by atoms with Crippen LogP contribution in [0.25, 0.3) is 20.2 Å². The molecule has 2 aromatic heterocycles. The minimum Gasteiger partial charge on any atom is -0.368 e. The number of thiophene rings is 2. The molecule has 6 heteroatoms. The third kappa shape index (κ3) is 6.30. The first kappa shape index (κ1) is 22.7. The second-order valence-corrected chi connectivity index (χ2v) is 10.5. The monoisotopic (exact) mass is 515 g/mol. The van der Waals surface area contributed by atoms with Gasteiger partial charge in [-0.2, -0.15) is 0 Å². The molecule has 4 heterocycles. The molecule has 6 rings (SSSR count). The molecule has 0 radical (unpaired) electrons. The molecule has 4 aromatic rings. The molecule has 2 saturated heterocycles. The van der Waals surface area contributed by atoms with Crippen LogP contribution in [0, 0.1) is 0 Å². The van der Waals surface area contributed by atoms with Crippen LogP contribution >= 0.6 is 38.6 Å². The van der Waals surface area contributed by atoms with E-state index in [-0.39, 0.29) is 0 Å². The predicted molar refractivity (Wildman–Crippen MR) is 143 cm³/mol. The third-order valence-corrected chi connectivity index (χ3v) is 8.04. The summed E-state index contributed by atoms with van der Waals surface area (Å²) in [5.74, 6) is 0. The summed E-state index contributed by atoms with van der Waals surface area (Å²) in [6.45, 7) is 6.94. The van der Waals surface area contributed by atoms with Crippen molar-refractivity contribution in [2.75, 3.05) is 44.2 Å². The van der Waals surface area contributed by atoms with E-state index in [9.17, 15) is 0 Å². The van der Waals surface area contributed by atoms with Crippen LogP contribution in [0.15, 0.2) is 63.8 Å². The van der Waals surface area contributed by atoms with Gasteiger partial charge in [0.05, 0.1) is 0 Å². The molecule has 0 atom stereocenters. The first-order chi connectivity index (χ1) is 15.3. The zero-order valence-electron chi connectivity index (χ0n) is 17.8. The van der Waals surface area contributed by atoms with Gasteiger partial charge in [-0.15, -0.1) is 22.7 Å². The highest BCUT2D eigenvalue weighted by molar-refractivity contribution is 9.10. The van der Waals surface area contributed by atoms with E-state index in [1.54, 1.807) is 11.3 Å². The molecule has 2 N–H and O–H groups in total. The number of halogens is 1. The van der Waals surface area contributed by atoms with Gasteiger partial charge in [-0.1, -0.05) is 34.5 Å². The van der Waals surface area contributed by atoms with E-state index in [4.69, 9.17) is 0 Å². The van der Waals surface area contributed by atoms with Crippen LogP contribution in [0.2, 0.25) is 0 Å². The van der Waals surface area contributed by atoms with Crippen molar-refractivity contribution in [1.29, 1.82) is 0 Å². The molecule has 31 heavy (non-hydrogen) atoms. The Bertz CT molecular complexity index is 1050. The van der Waals surface area contributed by atoms with Gasteiger partial charge >= 0.3 is 0 Å². The zero-order chi connectivity index (χ0) is 21.3. The number of anilines is 1. The Morgan fingerprint density at radius 3 is 1.90 bits per heavy atom. The fraction of sp³-hybridized carbons (Fsp3) is 0.360. The fourth-order valence-corrected chi connectivity index (χ4v) is 6.17. The number of benzene rings is 2. The number of piperazine rings is 1. The maximum absolute atomic E-state index is 3.48. The molecule has 2 aliphatic rings. The van der Waals surface area contributed by atoms with E-state index in [1.165, 1.54) is 62.7 Å². The lowest BCUT2D eigenvalue weighted by atomic mass is 10.2. The van der Waals surface area contributed by atoms with Crippen LogP contribution in [-0.4, -0.2) is 39.3 Å². The molecule has 2 aromatic carbocycles. The number of piperidine rings is 1. The van der Waals surface area contributed by atoms with Crippen molar-refractivity contribution in [3.05, 3.63) is 63.8 Å². The third-order valence-electron chi connectivity index (χ3n) is 5.58. The van der Waals surface area contributed by atoms with Crippen LogP contribution in [-0.2, 0) is 0 Å². The Balaban J connectivity index is 0.000000124. The molecule has 3 nitrogen and oxygen atoms in total. The summed E-state index contributed by atoms with van der Waals surface area (Å²) < 4.78 is 3.92. The number of nitrogens with zero attached hydrogens (tertiary/aromatic N) is 1. The van der Waals surface area contributed by atoms with Crippen molar-refractivity contribution in [1.82, 2.24) is 10.6 Å². The Kier molecular flexibility index (Phi) is 8.79. The zero-order valence-corrected chi connectivity index (χ0v) is 21.0. The highest BCUT2D eigenvalue weighted by Gasteiger charge is 2.12. The molecule has 2 fully saturated rings. The summed E-state index contributed by atoms with van der Waals surface area (Å²) in [5, 5.41) is 13.7. The summed E-state index contributed by atoms with van der Waals surface area (Å²) in [7, 11) is 0. The van der Waals surface area contributed by atoms with Crippen molar-refractivity contribution >= 4 is 64.5 Å². The number of nitrogens with one attached hydrogen (secondary N) is 2. The Morgan fingerprint density at radius 2 is 1.29 bits per heavy atom. The minimum absolute atomic E-state index is 1.10. The number of hydrogen-bond acceptors (Lipinski definition) is 5. The van der Waals surface area contributed by atoms with Crippen molar-refractivity contribution in [3.8, 4) is 0 Å². The maximum atomic E-state index is 3.48. The highest BCUT2D eigenvalue weighted by atomic mass is 79.9. The molecule has 0 unspecified atom stereocenters. The molecule has 0 saturated carbocycles. The summed E-state index contributed by atoms with van der Waals surface area (Å²) in [6, 6.07) is 17.2. The van der Waals surface area contributed by atoms with Crippen molar-refractivity contribution in [3.63, 3.8) is 0 Å². The van der Waals surface area contributed by atoms with Gasteiger partial charge in [0.25, 0.3) is 0 Å². The van der Waals surface area contributed by atoms with Gasteiger partial charge in [0.15, 0.2) is 0 Å². The topological polar surface area (TPSA) is 27.3 Å². The van der Waals surface area contributed by atoms with Gasteiger partial charge in [0.1, 0.15) is 0 Å². The Labute approximate surface area is 201 Å². The van der Waals surface area contributed by atoms with Crippen LogP contribution in [0.4, 0.5) is 5.69 Å². The van der Waals surface area contributed by atoms with E-state index in [0.717, 1.165) is 26.2 Å². The van der Waals surface area contributed by atoms with Gasteiger partial charge in [-0.3, -0.25) is 0 Å². The smallest absolute Gasteiger partial charge is 0.0455 e. The molecule has 0 aliphatic carbocycles. The summed E-state index contributed by atoms with van der Waals surface area (Å²) in [5.41, 5.74) is 1.40. The Hall–Kier alpha value is -1.44. The van der Waals surface area contributed by atoms with E-state index < -0.39 is 0 Å². The molecule has 0 amide bonds. The average molecular weight is 517 g/mol. The van der Waals surface area contributed by atoms with Crippen molar-refractivity contribution in [2.45, 2.75) is 19.3 Å². The van der Waals surface area contributed by atoms with Gasteiger partial charge in [0.2, 0.25) is 0 Å². The van der Waals surface area contributed by atoms with Crippen LogP contribution in [0.1, 0.15) is 19.3 Å². The molecule has 164 valence electrons. The largest absolute Gasteiger partial charge is 0.368 e. The Morgan fingerprint density at radius 1 is 0.677 bits per heavy atom. The van der Waals surface area contributed by atoms with E-state index >= 15 is 0 Å². The normalized spacial score (nSPS) is 16.4. The molecule has 2 aliphatic heterocycles. The first-order valence-corrected chi connectivity index (χ1v) is 13.6. The number of rotatable bonds is 1. The second kappa shape index (κ2) is 12.0. The maximum Gasteiger partial charge on any atom is 0.0455 e. The van der Waals surface area contributed by atoms with E-state index in [1.807, 2.05) is 11.3 Å².